The summed E-state index contributed by atoms with van der Waals surface area (Å²) in [5, 5.41) is 2.93. The lowest BCUT2D eigenvalue weighted by atomic mass is 9.88. The molecule has 0 aromatic heterocycles. The minimum absolute atomic E-state index is 0.105. The zero-order valence-electron chi connectivity index (χ0n) is 16.6. The van der Waals surface area contributed by atoms with Crippen molar-refractivity contribution in [3.63, 3.8) is 0 Å². The van der Waals surface area contributed by atoms with Crippen molar-refractivity contribution in [1.82, 2.24) is 5.32 Å². The summed E-state index contributed by atoms with van der Waals surface area (Å²) in [7, 11) is 2.94. The standard InChI is InChI=1S/C21H19F4N3O3/c1-29-10-8-14(30-2)16-15(9-10)31-7-6-12-18(27-20(26)28-19(12)16)11-4-3-5-13(22)17(11)21(23,24)25/h3-5,8-9,18H,6-7H2,1-2H3,(H3,26,27,28). The predicted molar refractivity (Wildman–Crippen MR) is 105 cm³/mol. The lowest BCUT2D eigenvalue weighted by Crippen LogP contribution is -2.36. The first-order chi connectivity index (χ1) is 14.7. The smallest absolute Gasteiger partial charge is 0.419 e. The van der Waals surface area contributed by atoms with Crippen LogP contribution in [0.1, 0.15) is 29.2 Å². The quantitative estimate of drug-likeness (QED) is 0.710. The van der Waals surface area contributed by atoms with E-state index in [1.807, 2.05) is 0 Å². The predicted octanol–water partition coefficient (Wildman–Crippen LogP) is 4.01. The molecule has 31 heavy (non-hydrogen) atoms. The zero-order chi connectivity index (χ0) is 22.3. The van der Waals surface area contributed by atoms with Gasteiger partial charge in [0.1, 0.15) is 29.1 Å². The van der Waals surface area contributed by atoms with E-state index in [1.165, 1.54) is 26.4 Å². The highest BCUT2D eigenvalue weighted by Gasteiger charge is 2.41. The van der Waals surface area contributed by atoms with Gasteiger partial charge in [-0.25, -0.2) is 9.38 Å². The molecule has 0 fully saturated rings. The number of ether oxygens (including phenoxy) is 3. The Morgan fingerprint density at radius 3 is 2.65 bits per heavy atom. The number of methoxy groups -OCH3 is 2. The third-order valence-corrected chi connectivity index (χ3v) is 5.17. The molecule has 6 nitrogen and oxygen atoms in total. The van der Waals surface area contributed by atoms with Gasteiger partial charge < -0.3 is 25.3 Å². The van der Waals surface area contributed by atoms with Gasteiger partial charge >= 0.3 is 6.18 Å². The number of halogens is 4. The Balaban J connectivity index is 1.96. The van der Waals surface area contributed by atoms with E-state index in [1.54, 1.807) is 12.1 Å². The van der Waals surface area contributed by atoms with Crippen molar-refractivity contribution in [2.45, 2.75) is 18.6 Å². The maximum absolute atomic E-state index is 14.3. The van der Waals surface area contributed by atoms with Crippen LogP contribution >= 0.6 is 0 Å². The molecule has 2 aliphatic heterocycles. The van der Waals surface area contributed by atoms with Crippen LogP contribution in [0.5, 0.6) is 17.2 Å². The second-order valence-corrected chi connectivity index (χ2v) is 6.95. The summed E-state index contributed by atoms with van der Waals surface area (Å²) in [4.78, 5) is 4.19. The van der Waals surface area contributed by atoms with E-state index < -0.39 is 23.6 Å². The van der Waals surface area contributed by atoms with Gasteiger partial charge in [0.25, 0.3) is 0 Å². The zero-order valence-corrected chi connectivity index (χ0v) is 16.6. The highest BCUT2D eigenvalue weighted by atomic mass is 19.4. The third-order valence-electron chi connectivity index (χ3n) is 5.17. The fraction of sp³-hybridized carbons (Fsp3) is 0.286. The SMILES string of the molecule is COc1cc(OC)c2c(c1)OCCC1=C2NC(N)=NC1c1cccc(F)c1C(F)(F)F. The van der Waals surface area contributed by atoms with Gasteiger partial charge in [0.2, 0.25) is 0 Å². The van der Waals surface area contributed by atoms with Crippen molar-refractivity contribution in [1.29, 1.82) is 0 Å². The largest absolute Gasteiger partial charge is 0.496 e. The molecule has 0 saturated carbocycles. The van der Waals surface area contributed by atoms with Crippen LogP contribution in [-0.4, -0.2) is 26.8 Å². The Morgan fingerprint density at radius 1 is 1.19 bits per heavy atom. The van der Waals surface area contributed by atoms with Crippen LogP contribution in [0.3, 0.4) is 0 Å². The average molecular weight is 437 g/mol. The van der Waals surface area contributed by atoms with Crippen molar-refractivity contribution in [2.75, 3.05) is 20.8 Å². The van der Waals surface area contributed by atoms with Crippen LogP contribution in [0.2, 0.25) is 0 Å². The van der Waals surface area contributed by atoms with Crippen LogP contribution in [0.25, 0.3) is 5.70 Å². The number of nitrogens with one attached hydrogen (secondary N) is 1. The number of nitrogens with two attached hydrogens (primary N) is 1. The van der Waals surface area contributed by atoms with Gasteiger partial charge in [0.15, 0.2) is 5.96 Å². The molecule has 2 aromatic carbocycles. The number of aliphatic imine (C=N–C) groups is 1. The molecule has 10 heteroatoms. The van der Waals surface area contributed by atoms with Crippen LogP contribution in [0.15, 0.2) is 40.9 Å². The molecule has 2 aromatic rings. The average Bonchev–Trinajstić information content (AvgIpc) is 2.90. The molecule has 4 rings (SSSR count). The number of hydrogen-bond donors (Lipinski definition) is 2. The Bertz CT molecular complexity index is 1100. The summed E-state index contributed by atoms with van der Waals surface area (Å²) in [6.45, 7) is 0.159. The molecule has 0 radical (unpaired) electrons. The Kier molecular flexibility index (Phi) is 5.16. The van der Waals surface area contributed by atoms with Gasteiger partial charge in [0.05, 0.1) is 37.7 Å². The summed E-state index contributed by atoms with van der Waals surface area (Å²) in [5.41, 5.74) is 5.64. The molecule has 0 aliphatic carbocycles. The fourth-order valence-corrected chi connectivity index (χ4v) is 3.88. The van der Waals surface area contributed by atoms with Gasteiger partial charge in [0, 0.05) is 18.6 Å². The summed E-state index contributed by atoms with van der Waals surface area (Å²) >= 11 is 0. The van der Waals surface area contributed by atoms with E-state index in [-0.39, 0.29) is 24.6 Å². The molecular weight excluding hydrogens is 418 g/mol. The van der Waals surface area contributed by atoms with Gasteiger partial charge in [-0.1, -0.05) is 12.1 Å². The maximum atomic E-state index is 14.3. The first-order valence-electron chi connectivity index (χ1n) is 9.32. The summed E-state index contributed by atoms with van der Waals surface area (Å²) < 4.78 is 71.9. The number of alkyl halides is 3. The monoisotopic (exact) mass is 437 g/mol. The van der Waals surface area contributed by atoms with Crippen LogP contribution in [0, 0.1) is 5.82 Å². The first kappa shape index (κ1) is 20.8. The van der Waals surface area contributed by atoms with Gasteiger partial charge in [-0.05, 0) is 17.2 Å². The molecule has 2 aliphatic rings. The molecule has 3 N–H and O–H groups in total. The Hall–Kier alpha value is -3.43. The van der Waals surface area contributed by atoms with Gasteiger partial charge in [-0.3, -0.25) is 0 Å². The van der Waals surface area contributed by atoms with Gasteiger partial charge in [-0.2, -0.15) is 13.2 Å². The summed E-state index contributed by atoms with van der Waals surface area (Å²) in [6.07, 6.45) is -4.67. The van der Waals surface area contributed by atoms with Crippen molar-refractivity contribution in [3.05, 3.63) is 58.4 Å². The minimum atomic E-state index is -4.90. The molecule has 0 bridgehead atoms. The molecule has 1 atom stereocenters. The number of fused-ring (bicyclic) bond motifs is 2. The van der Waals surface area contributed by atoms with Gasteiger partial charge in [-0.15, -0.1) is 0 Å². The van der Waals surface area contributed by atoms with Crippen molar-refractivity contribution < 1.29 is 31.8 Å². The number of benzene rings is 2. The molecular formula is C21H19F4N3O3. The Morgan fingerprint density at radius 2 is 1.97 bits per heavy atom. The van der Waals surface area contributed by atoms with Crippen molar-refractivity contribution in [3.8, 4) is 17.2 Å². The number of guanidine groups is 1. The highest BCUT2D eigenvalue weighted by Crippen LogP contribution is 2.47. The van der Waals surface area contributed by atoms with Crippen LogP contribution in [0.4, 0.5) is 17.6 Å². The second kappa shape index (κ2) is 7.68. The lowest BCUT2D eigenvalue weighted by molar-refractivity contribution is -0.140. The van der Waals surface area contributed by atoms with Crippen LogP contribution < -0.4 is 25.3 Å². The number of hydrogen-bond acceptors (Lipinski definition) is 6. The third kappa shape index (κ3) is 3.62. The maximum Gasteiger partial charge on any atom is 0.419 e. The molecule has 0 amide bonds. The van der Waals surface area contributed by atoms with E-state index in [4.69, 9.17) is 19.9 Å². The van der Waals surface area contributed by atoms with Crippen molar-refractivity contribution >= 4 is 11.7 Å². The number of rotatable bonds is 3. The van der Waals surface area contributed by atoms with E-state index in [0.717, 1.165) is 6.07 Å². The molecule has 0 saturated heterocycles. The summed E-state index contributed by atoms with van der Waals surface area (Å²) in [5.74, 6) is -0.200. The molecule has 1 unspecified atom stereocenters. The molecule has 2 heterocycles. The normalized spacial score (nSPS) is 18.1. The highest BCUT2D eigenvalue weighted by molar-refractivity contribution is 5.94. The fourth-order valence-electron chi connectivity index (χ4n) is 3.88. The van der Waals surface area contributed by atoms with E-state index in [0.29, 0.717) is 34.1 Å². The minimum Gasteiger partial charge on any atom is -0.496 e. The van der Waals surface area contributed by atoms with E-state index >= 15 is 0 Å². The topological polar surface area (TPSA) is 78.1 Å². The van der Waals surface area contributed by atoms with E-state index in [9.17, 15) is 17.6 Å². The van der Waals surface area contributed by atoms with Crippen molar-refractivity contribution in [2.24, 2.45) is 10.7 Å². The van der Waals surface area contributed by atoms with Crippen LogP contribution in [-0.2, 0) is 6.18 Å². The lowest BCUT2D eigenvalue weighted by Gasteiger charge is -2.28. The second-order valence-electron chi connectivity index (χ2n) is 6.95. The number of nitrogens with zero attached hydrogens (tertiary/aromatic N) is 1. The molecule has 0 spiro atoms. The molecule has 164 valence electrons. The Labute approximate surface area is 175 Å². The van der Waals surface area contributed by atoms with E-state index in [2.05, 4.69) is 10.3 Å². The first-order valence-corrected chi connectivity index (χ1v) is 9.32. The summed E-state index contributed by atoms with van der Waals surface area (Å²) in [6, 6.07) is 5.33.